The Balaban J connectivity index is 1.46. The lowest BCUT2D eigenvalue weighted by atomic mass is 9.81. The van der Waals surface area contributed by atoms with E-state index in [1.165, 1.54) is 12.4 Å². The highest BCUT2D eigenvalue weighted by molar-refractivity contribution is 5.30. The number of rotatable bonds is 2. The lowest BCUT2D eigenvalue weighted by molar-refractivity contribution is -0.173. The maximum absolute atomic E-state index is 13.0. The molecule has 2 aliphatic rings. The number of nitrogens with zero attached hydrogens (tertiary/aromatic N) is 3. The van der Waals surface area contributed by atoms with E-state index in [1.807, 2.05) is 23.1 Å². The molecule has 6 heteroatoms. The molecule has 0 bridgehead atoms. The summed E-state index contributed by atoms with van der Waals surface area (Å²) in [6.07, 6.45) is 4.86. The number of anilines is 1. The molecular formula is C19H22FN3O2. The molecule has 0 unspecified atom stereocenters. The van der Waals surface area contributed by atoms with Gasteiger partial charge < -0.3 is 14.7 Å². The highest BCUT2D eigenvalue weighted by Gasteiger charge is 2.44. The van der Waals surface area contributed by atoms with Crippen LogP contribution in [-0.2, 0) is 4.74 Å². The molecule has 1 aromatic heterocycles. The Labute approximate surface area is 146 Å². The van der Waals surface area contributed by atoms with Crippen molar-refractivity contribution in [3.63, 3.8) is 0 Å². The van der Waals surface area contributed by atoms with Gasteiger partial charge in [-0.3, -0.25) is 0 Å². The normalized spacial score (nSPS) is 25.9. The SMILES string of the molecule is O[C@@H]1C[C@H](c2ccccc2)OC2(CCN(c3ncc(F)cn3)CC2)C1. The fraction of sp³-hybridized carbons (Fsp3) is 0.474. The third-order valence-electron chi connectivity index (χ3n) is 5.22. The van der Waals surface area contributed by atoms with Crippen molar-refractivity contribution in [2.24, 2.45) is 0 Å². The van der Waals surface area contributed by atoms with Crippen LogP contribution in [0.3, 0.4) is 0 Å². The number of piperidine rings is 1. The minimum absolute atomic E-state index is 0.0708. The van der Waals surface area contributed by atoms with Crippen molar-refractivity contribution in [2.45, 2.75) is 43.5 Å². The second-order valence-corrected chi connectivity index (χ2v) is 6.98. The Morgan fingerprint density at radius 1 is 1.12 bits per heavy atom. The van der Waals surface area contributed by atoms with Crippen LogP contribution in [0.4, 0.5) is 10.3 Å². The molecule has 1 aromatic carbocycles. The summed E-state index contributed by atoms with van der Waals surface area (Å²) in [6.45, 7) is 1.47. The number of aliphatic hydroxyl groups excluding tert-OH is 1. The lowest BCUT2D eigenvalue weighted by Crippen LogP contribution is -2.51. The summed E-state index contributed by atoms with van der Waals surface area (Å²) in [4.78, 5) is 10.2. The van der Waals surface area contributed by atoms with Crippen LogP contribution in [0.25, 0.3) is 0 Å². The molecule has 25 heavy (non-hydrogen) atoms. The Kier molecular flexibility index (Phi) is 4.39. The van der Waals surface area contributed by atoms with Crippen molar-refractivity contribution in [2.75, 3.05) is 18.0 Å². The van der Waals surface area contributed by atoms with Gasteiger partial charge in [0.1, 0.15) is 0 Å². The van der Waals surface area contributed by atoms with Crippen LogP contribution in [-0.4, -0.2) is 39.9 Å². The van der Waals surface area contributed by atoms with E-state index < -0.39 is 5.82 Å². The molecule has 2 atom stereocenters. The Hall–Kier alpha value is -2.05. The van der Waals surface area contributed by atoms with Crippen molar-refractivity contribution >= 4 is 5.95 Å². The van der Waals surface area contributed by atoms with Crippen LogP contribution in [0.5, 0.6) is 0 Å². The summed E-state index contributed by atoms with van der Waals surface area (Å²) in [5.74, 6) is 0.119. The van der Waals surface area contributed by atoms with E-state index in [4.69, 9.17) is 4.74 Å². The second kappa shape index (κ2) is 6.69. The molecule has 0 amide bonds. The predicted octanol–water partition coefficient (Wildman–Crippen LogP) is 2.87. The van der Waals surface area contributed by atoms with Crippen LogP contribution >= 0.6 is 0 Å². The zero-order valence-corrected chi connectivity index (χ0v) is 14.0. The number of aromatic nitrogens is 2. The van der Waals surface area contributed by atoms with Gasteiger partial charge in [-0.05, 0) is 18.4 Å². The highest BCUT2D eigenvalue weighted by atomic mass is 19.1. The van der Waals surface area contributed by atoms with Gasteiger partial charge in [0.15, 0.2) is 5.82 Å². The molecular weight excluding hydrogens is 321 g/mol. The highest BCUT2D eigenvalue weighted by Crippen LogP contribution is 2.43. The van der Waals surface area contributed by atoms with Crippen LogP contribution < -0.4 is 4.90 Å². The van der Waals surface area contributed by atoms with Crippen molar-refractivity contribution in [1.29, 1.82) is 0 Å². The Bertz CT molecular complexity index is 702. The van der Waals surface area contributed by atoms with E-state index >= 15 is 0 Å². The first-order valence-electron chi connectivity index (χ1n) is 8.77. The minimum Gasteiger partial charge on any atom is -0.393 e. The zero-order valence-electron chi connectivity index (χ0n) is 14.0. The number of hydrogen-bond donors (Lipinski definition) is 1. The second-order valence-electron chi connectivity index (χ2n) is 6.98. The third kappa shape index (κ3) is 3.50. The van der Waals surface area contributed by atoms with Crippen molar-refractivity contribution in [3.8, 4) is 0 Å². The topological polar surface area (TPSA) is 58.5 Å². The summed E-state index contributed by atoms with van der Waals surface area (Å²) >= 11 is 0. The van der Waals surface area contributed by atoms with Crippen LogP contribution in [0.1, 0.15) is 37.4 Å². The van der Waals surface area contributed by atoms with Crippen molar-refractivity contribution in [1.82, 2.24) is 9.97 Å². The molecule has 2 saturated heterocycles. The first-order chi connectivity index (χ1) is 12.1. The van der Waals surface area contributed by atoms with Crippen molar-refractivity contribution < 1.29 is 14.2 Å². The molecule has 132 valence electrons. The first kappa shape index (κ1) is 16.4. The minimum atomic E-state index is -0.429. The summed E-state index contributed by atoms with van der Waals surface area (Å²) in [7, 11) is 0. The number of ether oxygens (including phenoxy) is 1. The van der Waals surface area contributed by atoms with E-state index in [0.29, 0.717) is 18.8 Å². The zero-order chi connectivity index (χ0) is 17.3. The van der Waals surface area contributed by atoms with Crippen LogP contribution in [0, 0.1) is 5.82 Å². The van der Waals surface area contributed by atoms with Gasteiger partial charge in [-0.1, -0.05) is 30.3 Å². The van der Waals surface area contributed by atoms with Gasteiger partial charge in [0, 0.05) is 25.9 Å². The van der Waals surface area contributed by atoms with Gasteiger partial charge in [0.25, 0.3) is 0 Å². The molecule has 2 aromatic rings. The maximum Gasteiger partial charge on any atom is 0.225 e. The first-order valence-corrected chi connectivity index (χ1v) is 8.77. The number of benzene rings is 1. The lowest BCUT2D eigenvalue weighted by Gasteiger charge is -2.48. The molecule has 2 aliphatic heterocycles. The molecule has 5 nitrogen and oxygen atoms in total. The van der Waals surface area contributed by atoms with Crippen LogP contribution in [0.15, 0.2) is 42.7 Å². The quantitative estimate of drug-likeness (QED) is 0.909. The van der Waals surface area contributed by atoms with E-state index in [2.05, 4.69) is 22.1 Å². The fourth-order valence-electron chi connectivity index (χ4n) is 3.93. The summed E-state index contributed by atoms with van der Waals surface area (Å²) < 4.78 is 19.5. The third-order valence-corrected chi connectivity index (χ3v) is 5.22. The van der Waals surface area contributed by atoms with Gasteiger partial charge in [0.2, 0.25) is 5.95 Å². The molecule has 1 N–H and O–H groups in total. The number of hydrogen-bond acceptors (Lipinski definition) is 5. The molecule has 0 aliphatic carbocycles. The summed E-state index contributed by atoms with van der Waals surface area (Å²) in [5.41, 5.74) is 0.805. The number of aliphatic hydroxyl groups is 1. The van der Waals surface area contributed by atoms with E-state index in [-0.39, 0.29) is 17.8 Å². The Morgan fingerprint density at radius 2 is 1.80 bits per heavy atom. The van der Waals surface area contributed by atoms with Crippen LogP contribution in [0.2, 0.25) is 0 Å². The predicted molar refractivity (Wildman–Crippen MR) is 91.7 cm³/mol. The van der Waals surface area contributed by atoms with Gasteiger partial charge >= 0.3 is 0 Å². The molecule has 0 radical (unpaired) electrons. The van der Waals surface area contributed by atoms with E-state index in [1.54, 1.807) is 0 Å². The Morgan fingerprint density at radius 3 is 2.48 bits per heavy atom. The van der Waals surface area contributed by atoms with E-state index in [9.17, 15) is 9.50 Å². The summed E-state index contributed by atoms with van der Waals surface area (Å²) in [5, 5.41) is 10.4. The average molecular weight is 343 g/mol. The van der Waals surface area contributed by atoms with Crippen molar-refractivity contribution in [3.05, 3.63) is 54.1 Å². The van der Waals surface area contributed by atoms with Gasteiger partial charge in [-0.15, -0.1) is 0 Å². The molecule has 0 saturated carbocycles. The average Bonchev–Trinajstić information content (AvgIpc) is 2.63. The maximum atomic E-state index is 13.0. The fourth-order valence-corrected chi connectivity index (χ4v) is 3.93. The summed E-state index contributed by atoms with van der Waals surface area (Å²) in [6, 6.07) is 10.1. The standard InChI is InChI=1S/C19H22FN3O2/c20-15-12-21-18(22-13-15)23-8-6-19(7-9-23)11-16(24)10-17(25-19)14-4-2-1-3-5-14/h1-5,12-13,16-17,24H,6-11H2/t16-,17-/m1/s1. The van der Waals surface area contributed by atoms with Gasteiger partial charge in [-0.2, -0.15) is 0 Å². The van der Waals surface area contributed by atoms with E-state index in [0.717, 1.165) is 31.5 Å². The number of halogens is 1. The molecule has 1 spiro atoms. The molecule has 3 heterocycles. The molecule has 2 fully saturated rings. The largest absolute Gasteiger partial charge is 0.393 e. The monoisotopic (exact) mass is 343 g/mol. The van der Waals surface area contributed by atoms with Gasteiger partial charge in [0.05, 0.1) is 30.2 Å². The molecule has 4 rings (SSSR count). The van der Waals surface area contributed by atoms with Gasteiger partial charge in [-0.25, -0.2) is 14.4 Å². The smallest absolute Gasteiger partial charge is 0.225 e.